The second kappa shape index (κ2) is 5.98. The third-order valence-corrected chi connectivity index (χ3v) is 3.15. The van der Waals surface area contributed by atoms with Gasteiger partial charge in [0.25, 0.3) is 0 Å². The topological polar surface area (TPSA) is 12.0 Å². The second-order valence-electron chi connectivity index (χ2n) is 4.28. The maximum atomic E-state index is 12.8. The highest BCUT2D eigenvalue weighted by molar-refractivity contribution is 6.30. The van der Waals surface area contributed by atoms with E-state index in [1.54, 1.807) is 12.1 Å². The van der Waals surface area contributed by atoms with Crippen LogP contribution in [-0.4, -0.2) is 0 Å². The summed E-state index contributed by atoms with van der Waals surface area (Å²) in [5.41, 5.74) is 2.25. The highest BCUT2D eigenvalue weighted by atomic mass is 35.5. The molecule has 0 radical (unpaired) electrons. The van der Waals surface area contributed by atoms with Gasteiger partial charge < -0.3 is 5.32 Å². The molecule has 3 heteroatoms. The minimum atomic E-state index is -0.205. The maximum Gasteiger partial charge on any atom is 0.123 e. The number of rotatable bonds is 4. The Morgan fingerprint density at radius 3 is 2.28 bits per heavy atom. The molecule has 0 unspecified atom stereocenters. The molecule has 0 heterocycles. The zero-order valence-electron chi connectivity index (χ0n) is 10.2. The Morgan fingerprint density at radius 2 is 1.67 bits per heavy atom. The highest BCUT2D eigenvalue weighted by Crippen LogP contribution is 2.14. The van der Waals surface area contributed by atoms with E-state index in [0.717, 1.165) is 17.1 Å². The summed E-state index contributed by atoms with van der Waals surface area (Å²) in [6.45, 7) is 2.82. The van der Waals surface area contributed by atoms with Crippen molar-refractivity contribution in [2.45, 2.75) is 19.5 Å². The quantitative estimate of drug-likeness (QED) is 0.866. The Bertz CT molecular complexity index is 493. The molecule has 0 spiro atoms. The number of benzene rings is 2. The Balaban J connectivity index is 1.93. The standard InChI is InChI=1S/C15H15ClFN/c1-11(13-4-8-15(17)9-5-13)18-10-12-2-6-14(16)7-3-12/h2-9,11,18H,10H2,1H3/t11-/m1/s1. The van der Waals surface area contributed by atoms with Crippen molar-refractivity contribution >= 4 is 11.6 Å². The molecule has 0 aliphatic carbocycles. The van der Waals surface area contributed by atoms with Gasteiger partial charge >= 0.3 is 0 Å². The molecular weight excluding hydrogens is 249 g/mol. The van der Waals surface area contributed by atoms with Crippen LogP contribution < -0.4 is 5.32 Å². The third kappa shape index (κ3) is 3.56. The van der Waals surface area contributed by atoms with Gasteiger partial charge in [-0.25, -0.2) is 4.39 Å². The second-order valence-corrected chi connectivity index (χ2v) is 4.72. The summed E-state index contributed by atoms with van der Waals surface area (Å²) in [4.78, 5) is 0. The lowest BCUT2D eigenvalue weighted by atomic mass is 10.1. The van der Waals surface area contributed by atoms with Crippen LogP contribution in [0.15, 0.2) is 48.5 Å². The molecular formula is C15H15ClFN. The van der Waals surface area contributed by atoms with Crippen LogP contribution in [0.2, 0.25) is 5.02 Å². The first-order valence-corrected chi connectivity index (χ1v) is 6.26. The van der Waals surface area contributed by atoms with Crippen molar-refractivity contribution in [2.75, 3.05) is 0 Å². The van der Waals surface area contributed by atoms with Crippen molar-refractivity contribution in [2.24, 2.45) is 0 Å². The van der Waals surface area contributed by atoms with Gasteiger partial charge in [-0.3, -0.25) is 0 Å². The fourth-order valence-electron chi connectivity index (χ4n) is 1.74. The van der Waals surface area contributed by atoms with E-state index in [-0.39, 0.29) is 11.9 Å². The molecule has 0 aliphatic heterocycles. The van der Waals surface area contributed by atoms with Crippen LogP contribution in [0.4, 0.5) is 4.39 Å². The van der Waals surface area contributed by atoms with Crippen molar-refractivity contribution < 1.29 is 4.39 Å². The molecule has 18 heavy (non-hydrogen) atoms. The fourth-order valence-corrected chi connectivity index (χ4v) is 1.87. The highest BCUT2D eigenvalue weighted by Gasteiger charge is 2.04. The first kappa shape index (κ1) is 13.1. The predicted molar refractivity (Wildman–Crippen MR) is 73.1 cm³/mol. The molecule has 0 bridgehead atoms. The van der Waals surface area contributed by atoms with Crippen molar-refractivity contribution in [3.63, 3.8) is 0 Å². The van der Waals surface area contributed by atoms with Crippen molar-refractivity contribution in [1.82, 2.24) is 5.32 Å². The Kier molecular flexibility index (Phi) is 4.34. The number of halogens is 2. The summed E-state index contributed by atoms with van der Waals surface area (Å²) in [6.07, 6.45) is 0. The lowest BCUT2D eigenvalue weighted by Gasteiger charge is -2.14. The van der Waals surface area contributed by atoms with E-state index in [1.807, 2.05) is 24.3 Å². The summed E-state index contributed by atoms with van der Waals surface area (Å²) in [6, 6.07) is 14.5. The van der Waals surface area contributed by atoms with E-state index >= 15 is 0 Å². The van der Waals surface area contributed by atoms with Gasteiger partial charge in [0, 0.05) is 17.6 Å². The van der Waals surface area contributed by atoms with Crippen molar-refractivity contribution in [3.05, 3.63) is 70.5 Å². The Hall–Kier alpha value is -1.38. The van der Waals surface area contributed by atoms with E-state index in [4.69, 9.17) is 11.6 Å². The predicted octanol–water partition coefficient (Wildman–Crippen LogP) is 4.33. The largest absolute Gasteiger partial charge is 0.306 e. The van der Waals surface area contributed by atoms with E-state index in [9.17, 15) is 4.39 Å². The van der Waals surface area contributed by atoms with E-state index in [0.29, 0.717) is 0 Å². The molecule has 0 aromatic heterocycles. The molecule has 0 saturated carbocycles. The summed E-state index contributed by atoms with van der Waals surface area (Å²) in [5, 5.41) is 4.13. The summed E-state index contributed by atoms with van der Waals surface area (Å²) >= 11 is 5.83. The van der Waals surface area contributed by atoms with Crippen LogP contribution in [0.25, 0.3) is 0 Å². The molecule has 0 fully saturated rings. The average Bonchev–Trinajstić information content (AvgIpc) is 2.38. The van der Waals surface area contributed by atoms with Gasteiger partial charge in [0.1, 0.15) is 5.82 Å². The first-order chi connectivity index (χ1) is 8.65. The Labute approximate surface area is 112 Å². The van der Waals surface area contributed by atoms with Crippen molar-refractivity contribution in [1.29, 1.82) is 0 Å². The molecule has 1 atom stereocenters. The van der Waals surface area contributed by atoms with Crippen LogP contribution in [-0.2, 0) is 6.54 Å². The van der Waals surface area contributed by atoms with Crippen LogP contribution in [0.3, 0.4) is 0 Å². The van der Waals surface area contributed by atoms with Gasteiger partial charge in [0.15, 0.2) is 0 Å². The zero-order chi connectivity index (χ0) is 13.0. The molecule has 2 aromatic rings. The van der Waals surface area contributed by atoms with E-state index < -0.39 is 0 Å². The molecule has 1 nitrogen and oxygen atoms in total. The van der Waals surface area contributed by atoms with Crippen molar-refractivity contribution in [3.8, 4) is 0 Å². The van der Waals surface area contributed by atoms with E-state index in [1.165, 1.54) is 17.7 Å². The van der Waals surface area contributed by atoms with Gasteiger partial charge in [-0.2, -0.15) is 0 Å². The molecule has 1 N–H and O–H groups in total. The van der Waals surface area contributed by atoms with E-state index in [2.05, 4.69) is 12.2 Å². The van der Waals surface area contributed by atoms with Gasteiger partial charge in [-0.15, -0.1) is 0 Å². The molecule has 0 amide bonds. The average molecular weight is 264 g/mol. The normalized spacial score (nSPS) is 12.4. The summed E-state index contributed by atoms with van der Waals surface area (Å²) in [5.74, 6) is -0.205. The zero-order valence-corrected chi connectivity index (χ0v) is 10.9. The lowest BCUT2D eigenvalue weighted by Crippen LogP contribution is -2.17. The van der Waals surface area contributed by atoms with Gasteiger partial charge in [-0.1, -0.05) is 35.9 Å². The molecule has 94 valence electrons. The third-order valence-electron chi connectivity index (χ3n) is 2.90. The van der Waals surface area contributed by atoms with Gasteiger partial charge in [0.2, 0.25) is 0 Å². The molecule has 2 aromatic carbocycles. The van der Waals surface area contributed by atoms with Crippen LogP contribution in [0, 0.1) is 5.82 Å². The summed E-state index contributed by atoms with van der Waals surface area (Å²) < 4.78 is 12.8. The number of hydrogen-bond donors (Lipinski definition) is 1. The van der Waals surface area contributed by atoms with Crippen LogP contribution in [0.1, 0.15) is 24.1 Å². The monoisotopic (exact) mass is 263 g/mol. The smallest absolute Gasteiger partial charge is 0.123 e. The molecule has 0 aliphatic rings. The van der Waals surface area contributed by atoms with Gasteiger partial charge in [0.05, 0.1) is 0 Å². The minimum Gasteiger partial charge on any atom is -0.306 e. The minimum absolute atomic E-state index is 0.182. The first-order valence-electron chi connectivity index (χ1n) is 5.88. The van der Waals surface area contributed by atoms with Crippen LogP contribution in [0.5, 0.6) is 0 Å². The van der Waals surface area contributed by atoms with Crippen LogP contribution >= 0.6 is 11.6 Å². The Morgan fingerprint density at radius 1 is 1.06 bits per heavy atom. The van der Waals surface area contributed by atoms with Gasteiger partial charge in [-0.05, 0) is 42.3 Å². The number of hydrogen-bond acceptors (Lipinski definition) is 1. The molecule has 2 rings (SSSR count). The lowest BCUT2D eigenvalue weighted by molar-refractivity contribution is 0.571. The maximum absolute atomic E-state index is 12.8. The fraction of sp³-hybridized carbons (Fsp3) is 0.200. The SMILES string of the molecule is C[C@@H](NCc1ccc(Cl)cc1)c1ccc(F)cc1. The number of nitrogens with one attached hydrogen (secondary N) is 1. The molecule has 0 saturated heterocycles. The summed E-state index contributed by atoms with van der Waals surface area (Å²) in [7, 11) is 0.